The number of nitrogens with zero attached hydrogens (tertiary/aromatic N) is 1. The Morgan fingerprint density at radius 1 is 0.800 bits per heavy atom. The van der Waals surface area contributed by atoms with Gasteiger partial charge in [0.05, 0.1) is 6.07 Å². The van der Waals surface area contributed by atoms with E-state index in [0.29, 0.717) is 0 Å². The first-order valence-corrected chi connectivity index (χ1v) is 9.48. The molecule has 0 saturated heterocycles. The molecule has 0 rings (SSSR count). The van der Waals surface area contributed by atoms with Gasteiger partial charge in [-0.25, -0.2) is 0 Å². The first-order chi connectivity index (χ1) is 7.41. The zero-order valence-corrected chi connectivity index (χ0v) is 12.0. The Kier molecular flexibility index (Phi) is 14.0. The smallest absolute Gasteiger partial charge is 0.125 e. The fourth-order valence-corrected chi connectivity index (χ4v) is 2.82. The van der Waals surface area contributed by atoms with Crippen molar-refractivity contribution in [1.29, 1.82) is 5.26 Å². The van der Waals surface area contributed by atoms with Gasteiger partial charge in [0.2, 0.25) is 0 Å². The standard InChI is InChI=1S/C12H24ClNSi/c13-15-12-10-8-6-4-2-1-3-5-7-9-11-14/h1-10,12,15H2. The van der Waals surface area contributed by atoms with E-state index < -0.39 is 0 Å². The fourth-order valence-electron chi connectivity index (χ4n) is 1.71. The number of nitriles is 1. The van der Waals surface area contributed by atoms with Crippen molar-refractivity contribution in [1.82, 2.24) is 0 Å². The zero-order chi connectivity index (χ0) is 11.2. The SMILES string of the molecule is N#CCCCCCCCCCCC[SiH2]Cl. The van der Waals surface area contributed by atoms with Crippen LogP contribution >= 0.6 is 11.1 Å². The average molecular weight is 246 g/mol. The number of hydrogen-bond donors (Lipinski definition) is 0. The van der Waals surface area contributed by atoms with Gasteiger partial charge in [0, 0.05) is 6.42 Å². The first-order valence-electron chi connectivity index (χ1n) is 6.34. The van der Waals surface area contributed by atoms with E-state index in [1.54, 1.807) is 0 Å². The topological polar surface area (TPSA) is 23.8 Å². The van der Waals surface area contributed by atoms with Crippen LogP contribution in [0, 0.1) is 11.3 Å². The second kappa shape index (κ2) is 14.0. The summed E-state index contributed by atoms with van der Waals surface area (Å²) in [7, 11) is -0.196. The maximum Gasteiger partial charge on any atom is 0.125 e. The van der Waals surface area contributed by atoms with E-state index in [2.05, 4.69) is 6.07 Å². The third-order valence-corrected chi connectivity index (χ3v) is 4.24. The maximum atomic E-state index is 8.35. The molecule has 0 aromatic heterocycles. The lowest BCUT2D eigenvalue weighted by Crippen LogP contribution is -1.83. The molecule has 15 heavy (non-hydrogen) atoms. The van der Waals surface area contributed by atoms with E-state index in [1.807, 2.05) is 0 Å². The molecular weight excluding hydrogens is 222 g/mol. The van der Waals surface area contributed by atoms with Gasteiger partial charge in [0.25, 0.3) is 0 Å². The number of rotatable bonds is 11. The highest BCUT2D eigenvalue weighted by atomic mass is 35.6. The minimum Gasteiger partial charge on any atom is -0.198 e. The molecule has 0 radical (unpaired) electrons. The van der Waals surface area contributed by atoms with Gasteiger partial charge in [-0.3, -0.25) is 0 Å². The Morgan fingerprint density at radius 2 is 1.27 bits per heavy atom. The second-order valence-electron chi connectivity index (χ2n) is 4.13. The van der Waals surface area contributed by atoms with Crippen molar-refractivity contribution in [3.8, 4) is 6.07 Å². The van der Waals surface area contributed by atoms with Crippen LogP contribution in [0.4, 0.5) is 0 Å². The Bertz CT molecular complexity index is 156. The molecule has 0 spiro atoms. The van der Waals surface area contributed by atoms with Crippen LogP contribution in [0.3, 0.4) is 0 Å². The summed E-state index contributed by atoms with van der Waals surface area (Å²) in [4.78, 5) is 0. The molecule has 0 aromatic carbocycles. The summed E-state index contributed by atoms with van der Waals surface area (Å²) in [5, 5.41) is 8.35. The lowest BCUT2D eigenvalue weighted by molar-refractivity contribution is 0.567. The molecule has 0 aromatic rings. The van der Waals surface area contributed by atoms with Crippen LogP contribution in [-0.2, 0) is 0 Å². The maximum absolute atomic E-state index is 8.35. The van der Waals surface area contributed by atoms with Crippen molar-refractivity contribution in [3.05, 3.63) is 0 Å². The van der Waals surface area contributed by atoms with E-state index in [9.17, 15) is 0 Å². The van der Waals surface area contributed by atoms with E-state index in [4.69, 9.17) is 16.3 Å². The predicted octanol–water partition coefficient (Wildman–Crippen LogP) is 4.15. The van der Waals surface area contributed by atoms with Crippen LogP contribution in [-0.4, -0.2) is 8.83 Å². The lowest BCUT2D eigenvalue weighted by Gasteiger charge is -2.00. The molecule has 0 N–H and O–H groups in total. The summed E-state index contributed by atoms with van der Waals surface area (Å²) in [5.41, 5.74) is 0. The van der Waals surface area contributed by atoms with Gasteiger partial charge >= 0.3 is 0 Å². The second-order valence-corrected chi connectivity index (χ2v) is 6.35. The van der Waals surface area contributed by atoms with E-state index in [1.165, 1.54) is 57.4 Å². The third-order valence-electron chi connectivity index (χ3n) is 2.67. The van der Waals surface area contributed by atoms with Crippen LogP contribution in [0.25, 0.3) is 0 Å². The van der Waals surface area contributed by atoms with Crippen molar-refractivity contribution in [2.75, 3.05) is 0 Å². The Morgan fingerprint density at radius 3 is 1.73 bits per heavy atom. The molecule has 0 aliphatic rings. The number of hydrogen-bond acceptors (Lipinski definition) is 1. The van der Waals surface area contributed by atoms with E-state index in [-0.39, 0.29) is 8.83 Å². The normalized spacial score (nSPS) is 10.9. The highest BCUT2D eigenvalue weighted by Gasteiger charge is 1.92. The minimum atomic E-state index is -0.196. The van der Waals surface area contributed by atoms with Crippen LogP contribution in [0.5, 0.6) is 0 Å². The van der Waals surface area contributed by atoms with Crippen LogP contribution in [0.15, 0.2) is 0 Å². The molecule has 0 atom stereocenters. The van der Waals surface area contributed by atoms with Crippen molar-refractivity contribution in [2.24, 2.45) is 0 Å². The summed E-state index contributed by atoms with van der Waals surface area (Å²) < 4.78 is 0. The lowest BCUT2D eigenvalue weighted by atomic mass is 10.1. The molecule has 0 saturated carbocycles. The minimum absolute atomic E-state index is 0.196. The monoisotopic (exact) mass is 245 g/mol. The molecule has 0 aliphatic carbocycles. The van der Waals surface area contributed by atoms with Gasteiger partial charge in [-0.2, -0.15) is 16.3 Å². The van der Waals surface area contributed by atoms with Crippen LogP contribution in [0.1, 0.15) is 64.2 Å². The largest absolute Gasteiger partial charge is 0.198 e. The van der Waals surface area contributed by atoms with Crippen molar-refractivity contribution in [3.63, 3.8) is 0 Å². The highest BCUT2D eigenvalue weighted by molar-refractivity contribution is 6.93. The Labute approximate surface area is 102 Å². The average Bonchev–Trinajstić information content (AvgIpc) is 2.26. The van der Waals surface area contributed by atoms with E-state index >= 15 is 0 Å². The number of unbranched alkanes of at least 4 members (excludes halogenated alkanes) is 9. The fraction of sp³-hybridized carbons (Fsp3) is 0.917. The quantitative estimate of drug-likeness (QED) is 0.305. The van der Waals surface area contributed by atoms with Gasteiger partial charge in [0.15, 0.2) is 0 Å². The van der Waals surface area contributed by atoms with Gasteiger partial charge < -0.3 is 0 Å². The molecule has 1 nitrogen and oxygen atoms in total. The summed E-state index contributed by atoms with van der Waals surface area (Å²) in [6, 6.07) is 3.51. The van der Waals surface area contributed by atoms with Gasteiger partial charge in [-0.15, -0.1) is 0 Å². The van der Waals surface area contributed by atoms with Gasteiger partial charge in [-0.05, 0) is 12.5 Å². The van der Waals surface area contributed by atoms with E-state index in [0.717, 1.165) is 12.8 Å². The van der Waals surface area contributed by atoms with Crippen molar-refractivity contribution in [2.45, 2.75) is 70.3 Å². The third kappa shape index (κ3) is 14.0. The molecule has 3 heteroatoms. The molecule has 0 bridgehead atoms. The zero-order valence-electron chi connectivity index (χ0n) is 9.81. The van der Waals surface area contributed by atoms with Gasteiger partial charge in [-0.1, -0.05) is 51.4 Å². The van der Waals surface area contributed by atoms with Crippen molar-refractivity contribution >= 4 is 19.9 Å². The molecule has 0 amide bonds. The van der Waals surface area contributed by atoms with Crippen LogP contribution < -0.4 is 0 Å². The summed E-state index contributed by atoms with van der Waals surface area (Å²) in [6.45, 7) is 0. The molecule has 88 valence electrons. The van der Waals surface area contributed by atoms with Crippen molar-refractivity contribution < 1.29 is 0 Å². The first kappa shape index (κ1) is 15.0. The predicted molar refractivity (Wildman–Crippen MR) is 71.0 cm³/mol. The van der Waals surface area contributed by atoms with Gasteiger partial charge in [0.1, 0.15) is 8.83 Å². The van der Waals surface area contributed by atoms with Crippen LogP contribution in [0.2, 0.25) is 6.04 Å². The summed E-state index contributed by atoms with van der Waals surface area (Å²) in [6.07, 6.45) is 12.7. The Hall–Kier alpha value is -0.00312. The summed E-state index contributed by atoms with van der Waals surface area (Å²) in [5.74, 6) is 0. The number of halogens is 1. The highest BCUT2D eigenvalue weighted by Crippen LogP contribution is 2.11. The molecule has 0 fully saturated rings. The Balaban J connectivity index is 2.84. The molecule has 0 heterocycles. The summed E-state index contributed by atoms with van der Waals surface area (Å²) >= 11 is 5.74. The molecule has 0 aliphatic heterocycles. The molecular formula is C12H24ClNSi. The molecule has 0 unspecified atom stereocenters.